The molecular weight excluding hydrogens is 200 g/mol. The van der Waals surface area contributed by atoms with E-state index in [-0.39, 0.29) is 12.2 Å². The smallest absolute Gasteiger partial charge is 0.307 e. The highest BCUT2D eigenvalue weighted by Gasteiger charge is 2.31. The monoisotopic (exact) mass is 212 g/mol. The number of esters is 2. The summed E-state index contributed by atoms with van der Waals surface area (Å²) in [6.45, 7) is 2.44. The third kappa shape index (κ3) is 3.55. The Morgan fingerprint density at radius 1 is 1.40 bits per heavy atom. The number of rotatable bonds is 2. The molecule has 0 bridgehead atoms. The van der Waals surface area contributed by atoms with E-state index in [2.05, 4.69) is 4.74 Å². The van der Waals surface area contributed by atoms with Gasteiger partial charge in [0.1, 0.15) is 5.76 Å². The average Bonchev–Trinajstić information content (AvgIpc) is 1.99. The minimum Gasteiger partial charge on any atom is -0.431 e. The molecule has 82 valence electrons. The van der Waals surface area contributed by atoms with Crippen molar-refractivity contribution in [3.05, 3.63) is 24.0 Å². The molecule has 1 aliphatic rings. The van der Waals surface area contributed by atoms with E-state index in [0.717, 1.165) is 0 Å². The summed E-state index contributed by atoms with van der Waals surface area (Å²) in [5.74, 6) is -2.55. The first-order valence-corrected chi connectivity index (χ1v) is 4.40. The number of carbonyl (C=O) groups is 2. The Balaban J connectivity index is 2.69. The van der Waals surface area contributed by atoms with E-state index < -0.39 is 17.7 Å². The number of carbonyl (C=O) groups excluding carboxylic acids is 2. The number of allylic oxidation sites excluding steroid dienone is 2. The van der Waals surface area contributed by atoms with Gasteiger partial charge in [0.2, 0.25) is 5.79 Å². The van der Waals surface area contributed by atoms with Crippen LogP contribution in [0, 0.1) is 0 Å². The van der Waals surface area contributed by atoms with Crippen LogP contribution in [-0.2, 0) is 19.1 Å². The fourth-order valence-corrected chi connectivity index (χ4v) is 1.25. The molecule has 0 aromatic carbocycles. The Hall–Kier alpha value is -1.62. The molecule has 0 aromatic rings. The van der Waals surface area contributed by atoms with Gasteiger partial charge in [0.05, 0.1) is 6.42 Å². The first-order valence-electron chi connectivity index (χ1n) is 4.40. The Labute approximate surface area is 87.0 Å². The van der Waals surface area contributed by atoms with Crippen molar-refractivity contribution in [2.24, 2.45) is 0 Å². The molecule has 5 nitrogen and oxygen atoms in total. The quantitative estimate of drug-likeness (QED) is 0.537. The van der Waals surface area contributed by atoms with Gasteiger partial charge in [0, 0.05) is 13.8 Å². The summed E-state index contributed by atoms with van der Waals surface area (Å²) in [6.07, 6.45) is 4.24. The maximum absolute atomic E-state index is 10.7. The zero-order chi connectivity index (χ0) is 11.5. The van der Waals surface area contributed by atoms with Crippen LogP contribution in [0.2, 0.25) is 0 Å². The Kier molecular flexibility index (Phi) is 3.26. The summed E-state index contributed by atoms with van der Waals surface area (Å²) in [6, 6.07) is 0. The predicted octanol–water partition coefficient (Wildman–Crippen LogP) is 0.645. The van der Waals surface area contributed by atoms with Gasteiger partial charge in [-0.05, 0) is 12.2 Å². The van der Waals surface area contributed by atoms with Crippen molar-refractivity contribution < 1.29 is 24.2 Å². The lowest BCUT2D eigenvalue weighted by molar-refractivity contribution is -0.189. The molecule has 1 N–H and O–H groups in total. The molecule has 0 saturated carbocycles. The van der Waals surface area contributed by atoms with Gasteiger partial charge in [-0.1, -0.05) is 6.08 Å². The van der Waals surface area contributed by atoms with Gasteiger partial charge in [-0.15, -0.1) is 0 Å². The third-order valence-electron chi connectivity index (χ3n) is 1.66. The van der Waals surface area contributed by atoms with Gasteiger partial charge in [-0.3, -0.25) is 9.59 Å². The molecule has 15 heavy (non-hydrogen) atoms. The SMILES string of the molecule is CC(=O)OC1=CC=CC(O)(OC(C)=O)C1. The minimum absolute atomic E-state index is 0.0668. The largest absolute Gasteiger partial charge is 0.431 e. The molecule has 0 heterocycles. The fourth-order valence-electron chi connectivity index (χ4n) is 1.25. The number of hydrogen-bond donors (Lipinski definition) is 1. The van der Waals surface area contributed by atoms with Crippen molar-refractivity contribution in [1.82, 2.24) is 0 Å². The topological polar surface area (TPSA) is 72.8 Å². The zero-order valence-electron chi connectivity index (χ0n) is 8.52. The van der Waals surface area contributed by atoms with Crippen LogP contribution in [0.25, 0.3) is 0 Å². The summed E-state index contributed by atoms with van der Waals surface area (Å²) < 4.78 is 9.48. The lowest BCUT2D eigenvalue weighted by atomic mass is 10.1. The van der Waals surface area contributed by atoms with Gasteiger partial charge in [0.15, 0.2) is 0 Å². The molecule has 0 aromatic heterocycles. The number of aliphatic hydroxyl groups is 1. The van der Waals surface area contributed by atoms with Crippen LogP contribution in [0.4, 0.5) is 0 Å². The van der Waals surface area contributed by atoms with Crippen LogP contribution in [-0.4, -0.2) is 22.8 Å². The van der Waals surface area contributed by atoms with E-state index in [0.29, 0.717) is 0 Å². The summed E-state index contributed by atoms with van der Waals surface area (Å²) in [5.41, 5.74) is 0. The summed E-state index contributed by atoms with van der Waals surface area (Å²) in [5, 5.41) is 9.76. The maximum atomic E-state index is 10.7. The third-order valence-corrected chi connectivity index (χ3v) is 1.66. The molecule has 5 heteroatoms. The van der Waals surface area contributed by atoms with Crippen LogP contribution in [0.15, 0.2) is 24.0 Å². The average molecular weight is 212 g/mol. The molecule has 0 aliphatic heterocycles. The zero-order valence-corrected chi connectivity index (χ0v) is 8.52. The summed E-state index contributed by atoms with van der Waals surface area (Å²) in [4.78, 5) is 21.4. The van der Waals surface area contributed by atoms with Crippen LogP contribution in [0.1, 0.15) is 20.3 Å². The van der Waals surface area contributed by atoms with Gasteiger partial charge < -0.3 is 14.6 Å². The van der Waals surface area contributed by atoms with Gasteiger partial charge in [-0.25, -0.2) is 0 Å². The predicted molar refractivity (Wildman–Crippen MR) is 50.3 cm³/mol. The first-order chi connectivity index (χ1) is 6.91. The highest BCUT2D eigenvalue weighted by molar-refractivity contribution is 5.68. The standard InChI is InChI=1S/C10H12O5/c1-7(11)14-9-4-3-5-10(13,6-9)15-8(2)12/h3-5,13H,6H2,1-2H3. The molecule has 1 atom stereocenters. The summed E-state index contributed by atoms with van der Waals surface area (Å²) >= 11 is 0. The van der Waals surface area contributed by atoms with Crippen LogP contribution >= 0.6 is 0 Å². The van der Waals surface area contributed by atoms with E-state index in [1.54, 1.807) is 0 Å². The Morgan fingerprint density at radius 3 is 2.60 bits per heavy atom. The molecule has 0 amide bonds. The Bertz CT molecular complexity index is 342. The second-order valence-electron chi connectivity index (χ2n) is 3.20. The molecule has 0 radical (unpaired) electrons. The van der Waals surface area contributed by atoms with Gasteiger partial charge >= 0.3 is 11.9 Å². The molecule has 0 spiro atoms. The molecular formula is C10H12O5. The lowest BCUT2D eigenvalue weighted by Crippen LogP contribution is -2.34. The van der Waals surface area contributed by atoms with Crippen molar-refractivity contribution in [1.29, 1.82) is 0 Å². The van der Waals surface area contributed by atoms with E-state index in [1.807, 2.05) is 0 Å². The molecule has 1 unspecified atom stereocenters. The van der Waals surface area contributed by atoms with Crippen molar-refractivity contribution in [2.75, 3.05) is 0 Å². The van der Waals surface area contributed by atoms with Crippen molar-refractivity contribution in [3.8, 4) is 0 Å². The number of ether oxygens (including phenoxy) is 2. The van der Waals surface area contributed by atoms with Gasteiger partial charge in [0.25, 0.3) is 0 Å². The van der Waals surface area contributed by atoms with E-state index >= 15 is 0 Å². The minimum atomic E-state index is -1.72. The van der Waals surface area contributed by atoms with Crippen LogP contribution in [0.5, 0.6) is 0 Å². The van der Waals surface area contributed by atoms with E-state index in [1.165, 1.54) is 32.1 Å². The first kappa shape index (κ1) is 11.5. The molecule has 1 rings (SSSR count). The normalized spacial score (nSPS) is 24.3. The lowest BCUT2D eigenvalue weighted by Gasteiger charge is -2.26. The van der Waals surface area contributed by atoms with Crippen LogP contribution < -0.4 is 0 Å². The highest BCUT2D eigenvalue weighted by Crippen LogP contribution is 2.25. The highest BCUT2D eigenvalue weighted by atomic mass is 16.7. The van der Waals surface area contributed by atoms with E-state index in [4.69, 9.17) is 4.74 Å². The maximum Gasteiger partial charge on any atom is 0.307 e. The van der Waals surface area contributed by atoms with Crippen molar-refractivity contribution in [2.45, 2.75) is 26.1 Å². The van der Waals surface area contributed by atoms with Gasteiger partial charge in [-0.2, -0.15) is 0 Å². The summed E-state index contributed by atoms with van der Waals surface area (Å²) in [7, 11) is 0. The second kappa shape index (κ2) is 4.27. The van der Waals surface area contributed by atoms with Crippen molar-refractivity contribution >= 4 is 11.9 Å². The van der Waals surface area contributed by atoms with Crippen molar-refractivity contribution in [3.63, 3.8) is 0 Å². The second-order valence-corrected chi connectivity index (χ2v) is 3.20. The Morgan fingerprint density at radius 2 is 2.07 bits per heavy atom. The van der Waals surface area contributed by atoms with E-state index in [9.17, 15) is 14.7 Å². The fraction of sp³-hybridized carbons (Fsp3) is 0.400. The molecule has 0 saturated heterocycles. The molecule has 1 aliphatic carbocycles. The van der Waals surface area contributed by atoms with Crippen LogP contribution in [0.3, 0.4) is 0 Å². The molecule has 0 fully saturated rings. The number of hydrogen-bond acceptors (Lipinski definition) is 5.